The molecule has 3 nitrogen and oxygen atoms in total. The second-order valence-electron chi connectivity index (χ2n) is 5.13. The van der Waals surface area contributed by atoms with Gasteiger partial charge in [-0.2, -0.15) is 0 Å². The van der Waals surface area contributed by atoms with Gasteiger partial charge in [0.15, 0.2) is 11.5 Å². The van der Waals surface area contributed by atoms with Crippen molar-refractivity contribution in [1.29, 1.82) is 0 Å². The third-order valence-corrected chi connectivity index (χ3v) is 3.93. The van der Waals surface area contributed by atoms with E-state index in [1.165, 1.54) is 37.9 Å². The summed E-state index contributed by atoms with van der Waals surface area (Å²) >= 11 is 0. The number of aromatic hydroxyl groups is 1. The van der Waals surface area contributed by atoms with Crippen molar-refractivity contribution < 1.29 is 9.84 Å². The van der Waals surface area contributed by atoms with E-state index >= 15 is 0 Å². The van der Waals surface area contributed by atoms with Gasteiger partial charge in [-0.25, -0.2) is 0 Å². The van der Waals surface area contributed by atoms with Crippen LogP contribution in [0, 0.1) is 5.92 Å². The second kappa shape index (κ2) is 6.10. The number of rotatable bonds is 4. The number of phenols is 1. The van der Waals surface area contributed by atoms with E-state index in [1.807, 2.05) is 12.1 Å². The van der Waals surface area contributed by atoms with Gasteiger partial charge in [0.2, 0.25) is 0 Å². The molecule has 1 aromatic carbocycles. The van der Waals surface area contributed by atoms with Gasteiger partial charge in [0, 0.05) is 6.54 Å². The fourth-order valence-electron chi connectivity index (χ4n) is 2.63. The van der Waals surface area contributed by atoms with Gasteiger partial charge < -0.3 is 9.84 Å². The molecule has 0 aliphatic carbocycles. The number of methoxy groups -OCH3 is 1. The van der Waals surface area contributed by atoms with Gasteiger partial charge in [0.25, 0.3) is 0 Å². The number of piperidine rings is 1. The molecule has 1 saturated heterocycles. The highest BCUT2D eigenvalue weighted by molar-refractivity contribution is 5.41. The largest absolute Gasteiger partial charge is 0.504 e. The molecule has 0 radical (unpaired) electrons. The van der Waals surface area contributed by atoms with Crippen molar-refractivity contribution in [2.75, 3.05) is 20.2 Å². The fourth-order valence-corrected chi connectivity index (χ4v) is 2.63. The lowest BCUT2D eigenvalue weighted by atomic mass is 9.94. The molecule has 1 aliphatic rings. The second-order valence-corrected chi connectivity index (χ2v) is 5.13. The summed E-state index contributed by atoms with van der Waals surface area (Å²) in [7, 11) is 1.59. The fraction of sp³-hybridized carbons (Fsp3) is 0.600. The number of benzene rings is 1. The van der Waals surface area contributed by atoms with Gasteiger partial charge in [-0.1, -0.05) is 19.4 Å². The minimum absolute atomic E-state index is 0.214. The Balaban J connectivity index is 1.94. The van der Waals surface area contributed by atoms with E-state index in [0.717, 1.165) is 12.5 Å². The van der Waals surface area contributed by atoms with Crippen LogP contribution < -0.4 is 4.74 Å². The molecular weight excluding hydrogens is 226 g/mol. The number of hydrogen-bond acceptors (Lipinski definition) is 3. The summed E-state index contributed by atoms with van der Waals surface area (Å²) in [5.41, 5.74) is 1.21. The summed E-state index contributed by atoms with van der Waals surface area (Å²) in [6, 6.07) is 5.62. The van der Waals surface area contributed by atoms with E-state index in [0.29, 0.717) is 5.75 Å². The number of likely N-dealkylation sites (tertiary alicyclic amines) is 1. The molecule has 0 spiro atoms. The molecule has 2 rings (SSSR count). The molecule has 0 unspecified atom stereocenters. The first-order chi connectivity index (χ1) is 8.72. The average Bonchev–Trinajstić information content (AvgIpc) is 2.42. The number of nitrogens with zero attached hydrogens (tertiary/aromatic N) is 1. The molecule has 0 aromatic heterocycles. The Hall–Kier alpha value is -1.22. The minimum atomic E-state index is 0.214. The smallest absolute Gasteiger partial charge is 0.160 e. The summed E-state index contributed by atoms with van der Waals surface area (Å²) in [6.45, 7) is 5.60. The van der Waals surface area contributed by atoms with Crippen molar-refractivity contribution in [1.82, 2.24) is 4.90 Å². The van der Waals surface area contributed by atoms with Gasteiger partial charge in [0.1, 0.15) is 0 Å². The van der Waals surface area contributed by atoms with Crippen LogP contribution in [0.15, 0.2) is 18.2 Å². The Morgan fingerprint density at radius 1 is 1.33 bits per heavy atom. The van der Waals surface area contributed by atoms with Crippen molar-refractivity contribution in [2.24, 2.45) is 5.92 Å². The van der Waals surface area contributed by atoms with E-state index in [4.69, 9.17) is 4.74 Å². The standard InChI is InChI=1S/C15H23NO2/c1-3-12-6-8-16(9-7-12)11-13-4-5-14(17)15(10-13)18-2/h4-5,10,12,17H,3,6-9,11H2,1-2H3. The molecule has 0 saturated carbocycles. The van der Waals surface area contributed by atoms with Crippen LogP contribution in [-0.4, -0.2) is 30.2 Å². The van der Waals surface area contributed by atoms with Crippen molar-refractivity contribution in [3.8, 4) is 11.5 Å². The van der Waals surface area contributed by atoms with Crippen molar-refractivity contribution in [2.45, 2.75) is 32.7 Å². The molecular formula is C15H23NO2. The van der Waals surface area contributed by atoms with Crippen LogP contribution in [0.25, 0.3) is 0 Å². The van der Waals surface area contributed by atoms with E-state index in [9.17, 15) is 5.11 Å². The normalized spacial score (nSPS) is 17.9. The van der Waals surface area contributed by atoms with Gasteiger partial charge in [0.05, 0.1) is 7.11 Å². The van der Waals surface area contributed by atoms with Crippen molar-refractivity contribution >= 4 is 0 Å². The molecule has 100 valence electrons. The summed E-state index contributed by atoms with van der Waals surface area (Å²) in [4.78, 5) is 2.48. The van der Waals surface area contributed by atoms with Gasteiger partial charge in [-0.3, -0.25) is 4.90 Å². The van der Waals surface area contributed by atoms with Gasteiger partial charge >= 0.3 is 0 Å². The lowest BCUT2D eigenvalue weighted by Gasteiger charge is -2.31. The predicted octanol–water partition coefficient (Wildman–Crippen LogP) is 3.02. The zero-order valence-corrected chi connectivity index (χ0v) is 11.4. The zero-order valence-electron chi connectivity index (χ0n) is 11.4. The lowest BCUT2D eigenvalue weighted by Crippen LogP contribution is -2.32. The predicted molar refractivity (Wildman–Crippen MR) is 73.0 cm³/mol. The average molecular weight is 249 g/mol. The third kappa shape index (κ3) is 3.16. The molecule has 1 N–H and O–H groups in total. The van der Waals surface area contributed by atoms with Crippen LogP contribution in [0.3, 0.4) is 0 Å². The van der Waals surface area contributed by atoms with Crippen LogP contribution in [-0.2, 0) is 6.54 Å². The highest BCUT2D eigenvalue weighted by Gasteiger charge is 2.17. The molecule has 3 heteroatoms. The Morgan fingerprint density at radius 2 is 2.06 bits per heavy atom. The quantitative estimate of drug-likeness (QED) is 0.890. The van der Waals surface area contributed by atoms with Crippen LogP contribution >= 0.6 is 0 Å². The monoisotopic (exact) mass is 249 g/mol. The van der Waals surface area contributed by atoms with Crippen LogP contribution in [0.2, 0.25) is 0 Å². The third-order valence-electron chi connectivity index (χ3n) is 3.93. The maximum atomic E-state index is 9.57. The molecule has 0 atom stereocenters. The van der Waals surface area contributed by atoms with E-state index in [-0.39, 0.29) is 5.75 Å². The van der Waals surface area contributed by atoms with Crippen LogP contribution in [0.5, 0.6) is 11.5 Å². The van der Waals surface area contributed by atoms with E-state index in [2.05, 4.69) is 11.8 Å². The Morgan fingerprint density at radius 3 is 2.67 bits per heavy atom. The number of phenolic OH excluding ortho intramolecular Hbond substituents is 1. The first-order valence-corrected chi connectivity index (χ1v) is 6.81. The summed E-state index contributed by atoms with van der Waals surface area (Å²) < 4.78 is 5.14. The first-order valence-electron chi connectivity index (χ1n) is 6.81. The molecule has 1 aliphatic heterocycles. The minimum Gasteiger partial charge on any atom is -0.504 e. The van der Waals surface area contributed by atoms with Crippen molar-refractivity contribution in [3.05, 3.63) is 23.8 Å². The lowest BCUT2D eigenvalue weighted by molar-refractivity contribution is 0.175. The summed E-state index contributed by atoms with van der Waals surface area (Å²) in [5, 5.41) is 9.57. The SMILES string of the molecule is CCC1CCN(Cc2ccc(O)c(OC)c2)CC1. The van der Waals surface area contributed by atoms with E-state index in [1.54, 1.807) is 13.2 Å². The van der Waals surface area contributed by atoms with Gasteiger partial charge in [-0.05, 0) is 49.5 Å². The Kier molecular flexibility index (Phi) is 4.48. The zero-order chi connectivity index (χ0) is 13.0. The molecule has 1 fully saturated rings. The van der Waals surface area contributed by atoms with Gasteiger partial charge in [-0.15, -0.1) is 0 Å². The maximum absolute atomic E-state index is 9.57. The highest BCUT2D eigenvalue weighted by atomic mass is 16.5. The Labute approximate surface area is 109 Å². The Bertz CT molecular complexity index is 384. The van der Waals surface area contributed by atoms with E-state index < -0.39 is 0 Å². The molecule has 0 bridgehead atoms. The molecule has 18 heavy (non-hydrogen) atoms. The number of ether oxygens (including phenoxy) is 1. The molecule has 1 aromatic rings. The van der Waals surface area contributed by atoms with Crippen LogP contribution in [0.4, 0.5) is 0 Å². The molecule has 0 amide bonds. The molecule has 1 heterocycles. The highest BCUT2D eigenvalue weighted by Crippen LogP contribution is 2.28. The maximum Gasteiger partial charge on any atom is 0.160 e. The van der Waals surface area contributed by atoms with Crippen LogP contribution in [0.1, 0.15) is 31.7 Å². The van der Waals surface area contributed by atoms with Crippen molar-refractivity contribution in [3.63, 3.8) is 0 Å². The first kappa shape index (κ1) is 13.2. The number of hydrogen-bond donors (Lipinski definition) is 1. The summed E-state index contributed by atoms with van der Waals surface area (Å²) in [5.74, 6) is 1.69. The topological polar surface area (TPSA) is 32.7 Å². The summed E-state index contributed by atoms with van der Waals surface area (Å²) in [6.07, 6.45) is 3.93.